The largest absolute Gasteiger partial charge is 0.477 e. The molecule has 10 heteroatoms. The van der Waals surface area contributed by atoms with Gasteiger partial charge in [-0.1, -0.05) is 13.8 Å². The Morgan fingerprint density at radius 2 is 1.95 bits per heavy atom. The molecule has 1 atom stereocenters. The molecule has 1 unspecified atom stereocenters. The van der Waals surface area contributed by atoms with Crippen molar-refractivity contribution >= 4 is 28.9 Å². The smallest absolute Gasteiger partial charge is 0.280 e. The van der Waals surface area contributed by atoms with Gasteiger partial charge in [-0.15, -0.1) is 0 Å². The number of likely N-dealkylation sites (N-methyl/N-ethyl adjacent to an activating group) is 1. The summed E-state index contributed by atoms with van der Waals surface area (Å²) in [7, 11) is 1.87. The van der Waals surface area contributed by atoms with Crippen LogP contribution in [0.3, 0.4) is 0 Å². The van der Waals surface area contributed by atoms with Crippen LogP contribution in [0.25, 0.3) is 11.3 Å². The standard InChI is InChI=1S/C32H42N8O2/c1-5-39(6-2)14-13-33-25-11-12-27-29(18-25)40-20-23(22-9-10-22)8-7-15-42-31-26(19-34-38(31)4)28-17-24(16-21(3)35-28)30(41)37-32(40)36-27/h11-12,16-19,22-23,33H,5-10,13-15,20H2,1-4H3,(H,36,37,41). The summed E-state index contributed by atoms with van der Waals surface area (Å²) in [4.78, 5) is 27.7. The third-order valence-corrected chi connectivity index (χ3v) is 8.67. The molecule has 42 heavy (non-hydrogen) atoms. The Balaban J connectivity index is 1.34. The molecule has 1 amide bonds. The SMILES string of the molecule is CCN(CC)CCNc1ccc2c(c1)N1CC(C3CC3)CCCOc3c(cnn3C)-c3cc(cc(C)n3)C(=O)/N=C/1N2. The quantitative estimate of drug-likeness (QED) is 0.401. The van der Waals surface area contributed by atoms with Gasteiger partial charge in [-0.2, -0.15) is 10.1 Å². The number of fused-ring (bicyclic) bond motifs is 7. The second-order valence-electron chi connectivity index (χ2n) is 11.6. The van der Waals surface area contributed by atoms with Gasteiger partial charge in [0.05, 0.1) is 35.4 Å². The van der Waals surface area contributed by atoms with E-state index >= 15 is 0 Å². The number of nitrogens with zero attached hydrogens (tertiary/aromatic N) is 6. The third kappa shape index (κ3) is 5.99. The number of rotatable bonds is 7. The van der Waals surface area contributed by atoms with E-state index < -0.39 is 0 Å². The first-order chi connectivity index (χ1) is 20.4. The summed E-state index contributed by atoms with van der Waals surface area (Å²) in [6, 6.07) is 9.97. The van der Waals surface area contributed by atoms with Crippen LogP contribution in [-0.4, -0.2) is 70.9 Å². The molecule has 3 aromatic rings. The Morgan fingerprint density at radius 3 is 2.74 bits per heavy atom. The number of hydrogen-bond donors (Lipinski definition) is 2. The number of guanidine groups is 1. The zero-order chi connectivity index (χ0) is 29.2. The molecule has 1 aromatic carbocycles. The summed E-state index contributed by atoms with van der Waals surface area (Å²) in [6.45, 7) is 11.6. The number of ether oxygens (including phenoxy) is 1. The summed E-state index contributed by atoms with van der Waals surface area (Å²) in [5.74, 6) is 2.12. The average molecular weight is 571 g/mol. The Hall–Kier alpha value is -3.92. The van der Waals surface area contributed by atoms with Crippen molar-refractivity contribution in [2.75, 3.05) is 54.9 Å². The minimum absolute atomic E-state index is 0.302. The van der Waals surface area contributed by atoms with Crippen LogP contribution in [0.1, 0.15) is 55.6 Å². The van der Waals surface area contributed by atoms with Crippen LogP contribution in [-0.2, 0) is 7.05 Å². The van der Waals surface area contributed by atoms with Crippen LogP contribution in [0, 0.1) is 18.8 Å². The Bertz CT molecular complexity index is 1470. The number of carbonyl (C=O) groups is 1. The van der Waals surface area contributed by atoms with Crippen molar-refractivity contribution in [2.24, 2.45) is 23.9 Å². The van der Waals surface area contributed by atoms with E-state index in [0.717, 1.165) is 73.9 Å². The molecule has 4 heterocycles. The summed E-state index contributed by atoms with van der Waals surface area (Å²) in [5, 5.41) is 11.5. The first kappa shape index (κ1) is 28.2. The van der Waals surface area contributed by atoms with Crippen molar-refractivity contribution in [2.45, 2.75) is 46.5 Å². The van der Waals surface area contributed by atoms with Crippen molar-refractivity contribution in [3.8, 4) is 17.1 Å². The summed E-state index contributed by atoms with van der Waals surface area (Å²) in [5.41, 5.74) is 5.78. The van der Waals surface area contributed by atoms with Gasteiger partial charge in [0.15, 0.2) is 0 Å². The van der Waals surface area contributed by atoms with Gasteiger partial charge < -0.3 is 25.2 Å². The first-order valence-corrected chi connectivity index (χ1v) is 15.3. The third-order valence-electron chi connectivity index (χ3n) is 8.67. The number of benzene rings is 1. The van der Waals surface area contributed by atoms with Crippen molar-refractivity contribution in [1.29, 1.82) is 0 Å². The molecule has 10 nitrogen and oxygen atoms in total. The second-order valence-corrected chi connectivity index (χ2v) is 11.6. The number of carbonyl (C=O) groups excluding carboxylic acids is 1. The highest BCUT2D eigenvalue weighted by atomic mass is 16.5. The maximum Gasteiger partial charge on any atom is 0.280 e. The molecule has 1 aliphatic carbocycles. The monoisotopic (exact) mass is 570 g/mol. The normalized spacial score (nSPS) is 19.9. The van der Waals surface area contributed by atoms with E-state index in [1.165, 1.54) is 12.8 Å². The average Bonchev–Trinajstić information content (AvgIpc) is 3.69. The number of aryl methyl sites for hydroxylation is 2. The molecule has 1 fully saturated rings. The summed E-state index contributed by atoms with van der Waals surface area (Å²) < 4.78 is 8.02. The van der Waals surface area contributed by atoms with Gasteiger partial charge in [0.1, 0.15) is 0 Å². The highest BCUT2D eigenvalue weighted by Gasteiger charge is 2.36. The van der Waals surface area contributed by atoms with Gasteiger partial charge in [-0.3, -0.25) is 9.78 Å². The lowest BCUT2D eigenvalue weighted by Gasteiger charge is -2.26. The highest BCUT2D eigenvalue weighted by Crippen LogP contribution is 2.43. The van der Waals surface area contributed by atoms with Crippen molar-refractivity contribution < 1.29 is 9.53 Å². The van der Waals surface area contributed by atoms with E-state index in [2.05, 4.69) is 62.6 Å². The van der Waals surface area contributed by atoms with Gasteiger partial charge in [-0.05, 0) is 87.9 Å². The maximum atomic E-state index is 13.7. The van der Waals surface area contributed by atoms with Gasteiger partial charge in [0.2, 0.25) is 11.8 Å². The molecule has 2 aromatic heterocycles. The minimum Gasteiger partial charge on any atom is -0.477 e. The Labute approximate surface area is 248 Å². The number of pyridine rings is 1. The fraction of sp³-hybridized carbons (Fsp3) is 0.500. The van der Waals surface area contributed by atoms with E-state index in [0.29, 0.717) is 41.5 Å². The molecule has 2 aliphatic heterocycles. The van der Waals surface area contributed by atoms with Crippen LogP contribution in [0.2, 0.25) is 0 Å². The van der Waals surface area contributed by atoms with Crippen LogP contribution in [0.4, 0.5) is 17.1 Å². The van der Waals surface area contributed by atoms with Gasteiger partial charge in [-0.25, -0.2) is 4.68 Å². The molecule has 2 bridgehead atoms. The lowest BCUT2D eigenvalue weighted by atomic mass is 9.97. The second kappa shape index (κ2) is 12.1. The molecule has 1 saturated carbocycles. The first-order valence-electron chi connectivity index (χ1n) is 15.3. The lowest BCUT2D eigenvalue weighted by molar-refractivity contribution is 0.100. The van der Waals surface area contributed by atoms with Crippen LogP contribution < -0.4 is 20.3 Å². The van der Waals surface area contributed by atoms with Crippen LogP contribution >= 0.6 is 0 Å². The zero-order valence-corrected chi connectivity index (χ0v) is 25.2. The molecule has 0 spiro atoms. The number of nitrogens with one attached hydrogen (secondary N) is 2. The Morgan fingerprint density at radius 1 is 1.12 bits per heavy atom. The van der Waals surface area contributed by atoms with Gasteiger partial charge in [0.25, 0.3) is 5.91 Å². The fourth-order valence-electron chi connectivity index (χ4n) is 6.10. The lowest BCUT2D eigenvalue weighted by Crippen LogP contribution is -2.36. The van der Waals surface area contributed by atoms with E-state index in [9.17, 15) is 4.79 Å². The predicted octanol–water partition coefficient (Wildman–Crippen LogP) is 5.17. The van der Waals surface area contributed by atoms with Crippen molar-refractivity contribution in [1.82, 2.24) is 19.7 Å². The fourth-order valence-corrected chi connectivity index (χ4v) is 6.10. The van der Waals surface area contributed by atoms with E-state index in [1.807, 2.05) is 14.0 Å². The molecular weight excluding hydrogens is 528 g/mol. The van der Waals surface area contributed by atoms with E-state index in [-0.39, 0.29) is 5.91 Å². The molecule has 0 radical (unpaired) electrons. The number of amides is 1. The Kier molecular flexibility index (Phi) is 8.15. The molecule has 0 saturated heterocycles. The number of aromatic nitrogens is 3. The topological polar surface area (TPSA) is 99.9 Å². The van der Waals surface area contributed by atoms with Crippen LogP contribution in [0.15, 0.2) is 41.5 Å². The van der Waals surface area contributed by atoms with Crippen molar-refractivity contribution in [3.63, 3.8) is 0 Å². The van der Waals surface area contributed by atoms with E-state index in [4.69, 9.17) is 9.72 Å². The van der Waals surface area contributed by atoms with Crippen LogP contribution in [0.5, 0.6) is 5.88 Å². The number of aliphatic imine (C=N–C) groups is 1. The highest BCUT2D eigenvalue weighted by molar-refractivity contribution is 6.19. The predicted molar refractivity (Wildman–Crippen MR) is 168 cm³/mol. The molecule has 6 rings (SSSR count). The minimum atomic E-state index is -0.302. The summed E-state index contributed by atoms with van der Waals surface area (Å²) in [6.07, 6.45) is 6.23. The zero-order valence-electron chi connectivity index (χ0n) is 25.2. The summed E-state index contributed by atoms with van der Waals surface area (Å²) >= 11 is 0. The number of hydrogen-bond acceptors (Lipinski definition) is 8. The molecular formula is C32H42N8O2. The van der Waals surface area contributed by atoms with Gasteiger partial charge >= 0.3 is 0 Å². The van der Waals surface area contributed by atoms with Gasteiger partial charge in [0, 0.05) is 43.6 Å². The number of anilines is 3. The molecule has 3 aliphatic rings. The molecule has 222 valence electrons. The molecule has 2 N–H and O–H groups in total. The van der Waals surface area contributed by atoms with E-state index in [1.54, 1.807) is 23.0 Å². The van der Waals surface area contributed by atoms with Crippen molar-refractivity contribution in [3.05, 3.63) is 47.8 Å². The maximum absolute atomic E-state index is 13.7.